The van der Waals surface area contributed by atoms with E-state index in [2.05, 4.69) is 10.2 Å². The average molecular weight is 402 g/mol. The molecule has 1 saturated heterocycles. The van der Waals surface area contributed by atoms with Crippen LogP contribution in [-0.4, -0.2) is 48.4 Å². The zero-order chi connectivity index (χ0) is 18.4. The highest BCUT2D eigenvalue weighted by atomic mass is 32.2. The predicted octanol–water partition coefficient (Wildman–Crippen LogP) is 1.50. The van der Waals surface area contributed by atoms with E-state index in [-0.39, 0.29) is 16.1 Å². The normalized spacial score (nSPS) is 15.8. The molecule has 2 rings (SSSR count). The van der Waals surface area contributed by atoms with E-state index in [1.807, 2.05) is 6.92 Å². The van der Waals surface area contributed by atoms with Gasteiger partial charge in [-0.05, 0) is 43.9 Å². The largest absolute Gasteiger partial charge is 0.358 e. The molecule has 0 saturated carbocycles. The van der Waals surface area contributed by atoms with Crippen LogP contribution in [0.4, 0.5) is 0 Å². The lowest BCUT2D eigenvalue weighted by Crippen LogP contribution is -2.35. The summed E-state index contributed by atoms with van der Waals surface area (Å²) >= 11 is 6.81. The minimum absolute atomic E-state index is 0.0484. The smallest absolute Gasteiger partial charge is 0.238 e. The summed E-state index contributed by atoms with van der Waals surface area (Å²) in [6, 6.07) is 6.35. The third-order valence-electron chi connectivity index (χ3n) is 3.98. The van der Waals surface area contributed by atoms with E-state index in [1.54, 1.807) is 12.1 Å². The standard InChI is InChI=1S/C16H23N3O3S3/c1-12(24-16(23)19-10-2-3-11-19)15(20)18-9-8-13-4-6-14(7-5-13)25(17,21)22/h4-7,12H,2-3,8-11H2,1H3,(H,18,20)(H2,17,21,22)/t12-/m0/s1. The molecule has 1 heterocycles. The van der Waals surface area contributed by atoms with Gasteiger partial charge in [0, 0.05) is 19.6 Å². The summed E-state index contributed by atoms with van der Waals surface area (Å²) in [7, 11) is -3.67. The molecule has 1 atom stereocenters. The van der Waals surface area contributed by atoms with Crippen LogP contribution in [0.1, 0.15) is 25.3 Å². The van der Waals surface area contributed by atoms with Crippen LogP contribution in [0.25, 0.3) is 0 Å². The summed E-state index contributed by atoms with van der Waals surface area (Å²) in [5, 5.41) is 7.72. The molecule has 0 bridgehead atoms. The fraction of sp³-hybridized carbons (Fsp3) is 0.500. The van der Waals surface area contributed by atoms with Gasteiger partial charge >= 0.3 is 0 Å². The van der Waals surface area contributed by atoms with Gasteiger partial charge < -0.3 is 10.2 Å². The summed E-state index contributed by atoms with van der Waals surface area (Å²) in [5.41, 5.74) is 0.931. The Balaban J connectivity index is 1.74. The van der Waals surface area contributed by atoms with E-state index in [1.165, 1.54) is 23.9 Å². The Morgan fingerprint density at radius 2 is 1.92 bits per heavy atom. The van der Waals surface area contributed by atoms with Gasteiger partial charge in [0.2, 0.25) is 15.9 Å². The lowest BCUT2D eigenvalue weighted by atomic mass is 10.1. The van der Waals surface area contributed by atoms with Crippen molar-refractivity contribution < 1.29 is 13.2 Å². The van der Waals surface area contributed by atoms with Crippen LogP contribution < -0.4 is 10.5 Å². The van der Waals surface area contributed by atoms with Gasteiger partial charge in [0.05, 0.1) is 10.1 Å². The van der Waals surface area contributed by atoms with Gasteiger partial charge in [-0.1, -0.05) is 36.1 Å². The summed E-state index contributed by atoms with van der Waals surface area (Å²) in [4.78, 5) is 14.4. The van der Waals surface area contributed by atoms with E-state index in [0.29, 0.717) is 13.0 Å². The molecule has 138 valence electrons. The molecular weight excluding hydrogens is 378 g/mol. The third kappa shape index (κ3) is 6.25. The number of carbonyl (C=O) groups is 1. The predicted molar refractivity (Wildman–Crippen MR) is 105 cm³/mol. The Bertz CT molecular complexity index is 714. The summed E-state index contributed by atoms with van der Waals surface area (Å²) in [5.74, 6) is -0.0484. The molecule has 3 N–H and O–H groups in total. The monoisotopic (exact) mass is 401 g/mol. The first kappa shape index (κ1) is 20.2. The molecule has 0 spiro atoms. The van der Waals surface area contributed by atoms with Crippen LogP contribution in [-0.2, 0) is 21.2 Å². The second kappa shape index (κ2) is 8.98. The quantitative estimate of drug-likeness (QED) is 0.702. The number of amides is 1. The number of primary sulfonamides is 1. The van der Waals surface area contributed by atoms with E-state index < -0.39 is 10.0 Å². The Morgan fingerprint density at radius 3 is 2.48 bits per heavy atom. The third-order valence-corrected chi connectivity index (χ3v) is 6.48. The van der Waals surface area contributed by atoms with E-state index in [0.717, 1.165) is 35.8 Å². The highest BCUT2D eigenvalue weighted by Crippen LogP contribution is 2.20. The van der Waals surface area contributed by atoms with Crippen molar-refractivity contribution in [3.05, 3.63) is 29.8 Å². The maximum absolute atomic E-state index is 12.2. The minimum atomic E-state index is -3.67. The molecule has 9 heteroatoms. The second-order valence-electron chi connectivity index (χ2n) is 5.95. The summed E-state index contributed by atoms with van der Waals surface area (Å²) in [6.45, 7) is 4.29. The molecule has 1 aliphatic rings. The van der Waals surface area contributed by atoms with Gasteiger partial charge in [0.1, 0.15) is 4.32 Å². The molecule has 1 aromatic carbocycles. The Labute approximate surface area is 158 Å². The lowest BCUT2D eigenvalue weighted by Gasteiger charge is -2.20. The number of thioether (sulfide) groups is 1. The van der Waals surface area contributed by atoms with Crippen molar-refractivity contribution in [3.63, 3.8) is 0 Å². The van der Waals surface area contributed by atoms with Crippen molar-refractivity contribution in [2.24, 2.45) is 5.14 Å². The van der Waals surface area contributed by atoms with Crippen molar-refractivity contribution in [2.45, 2.75) is 36.3 Å². The van der Waals surface area contributed by atoms with Crippen molar-refractivity contribution in [1.82, 2.24) is 10.2 Å². The maximum Gasteiger partial charge on any atom is 0.238 e. The SMILES string of the molecule is C[C@H](SC(=S)N1CCCC1)C(=O)NCCc1ccc(S(N)(=O)=O)cc1. The molecule has 0 aliphatic carbocycles. The molecule has 0 radical (unpaired) electrons. The highest BCUT2D eigenvalue weighted by Gasteiger charge is 2.21. The Hall–Kier alpha value is -1.16. The summed E-state index contributed by atoms with van der Waals surface area (Å²) in [6.07, 6.45) is 2.93. The van der Waals surface area contributed by atoms with Crippen LogP contribution in [0.3, 0.4) is 0 Å². The molecule has 1 aromatic rings. The number of thiocarbonyl (C=S) groups is 1. The van der Waals surface area contributed by atoms with Crippen LogP contribution in [0.15, 0.2) is 29.2 Å². The van der Waals surface area contributed by atoms with Gasteiger partial charge in [-0.3, -0.25) is 4.79 Å². The van der Waals surface area contributed by atoms with Crippen LogP contribution in [0.5, 0.6) is 0 Å². The molecule has 1 amide bonds. The Kier molecular flexibility index (Phi) is 7.24. The van der Waals surface area contributed by atoms with Gasteiger partial charge in [0.15, 0.2) is 0 Å². The number of likely N-dealkylation sites (tertiary alicyclic amines) is 1. The number of sulfonamides is 1. The van der Waals surface area contributed by atoms with E-state index in [9.17, 15) is 13.2 Å². The molecule has 1 fully saturated rings. The van der Waals surface area contributed by atoms with Crippen molar-refractivity contribution in [2.75, 3.05) is 19.6 Å². The zero-order valence-corrected chi connectivity index (χ0v) is 16.6. The molecule has 1 aliphatic heterocycles. The lowest BCUT2D eigenvalue weighted by molar-refractivity contribution is -0.120. The van der Waals surface area contributed by atoms with E-state index >= 15 is 0 Å². The van der Waals surface area contributed by atoms with Crippen LogP contribution in [0, 0.1) is 0 Å². The number of carbonyl (C=O) groups excluding carboxylic acids is 1. The van der Waals surface area contributed by atoms with Gasteiger partial charge in [-0.25, -0.2) is 13.6 Å². The number of nitrogens with one attached hydrogen (secondary N) is 1. The average Bonchev–Trinajstić information content (AvgIpc) is 3.09. The number of nitrogens with zero attached hydrogens (tertiary/aromatic N) is 1. The van der Waals surface area contributed by atoms with E-state index in [4.69, 9.17) is 17.4 Å². The Morgan fingerprint density at radius 1 is 1.32 bits per heavy atom. The molecule has 25 heavy (non-hydrogen) atoms. The highest BCUT2D eigenvalue weighted by molar-refractivity contribution is 8.23. The van der Waals surface area contributed by atoms with Gasteiger partial charge in [-0.15, -0.1) is 0 Å². The minimum Gasteiger partial charge on any atom is -0.358 e. The molecule has 0 aromatic heterocycles. The summed E-state index contributed by atoms with van der Waals surface area (Å²) < 4.78 is 23.2. The number of rotatable bonds is 6. The topological polar surface area (TPSA) is 92.5 Å². The number of hydrogen-bond donors (Lipinski definition) is 2. The molecular formula is C16H23N3O3S3. The number of hydrogen-bond acceptors (Lipinski definition) is 5. The van der Waals surface area contributed by atoms with Gasteiger partial charge in [-0.2, -0.15) is 0 Å². The van der Waals surface area contributed by atoms with Crippen molar-refractivity contribution in [3.8, 4) is 0 Å². The number of nitrogens with two attached hydrogens (primary N) is 1. The first-order valence-electron chi connectivity index (χ1n) is 8.12. The van der Waals surface area contributed by atoms with Gasteiger partial charge in [0.25, 0.3) is 0 Å². The maximum atomic E-state index is 12.2. The first-order valence-corrected chi connectivity index (χ1v) is 11.0. The molecule has 0 unspecified atom stereocenters. The van der Waals surface area contributed by atoms with Crippen LogP contribution in [0.2, 0.25) is 0 Å². The van der Waals surface area contributed by atoms with Crippen molar-refractivity contribution >= 4 is 44.2 Å². The van der Waals surface area contributed by atoms with Crippen molar-refractivity contribution in [1.29, 1.82) is 0 Å². The second-order valence-corrected chi connectivity index (χ2v) is 9.49. The molecule has 6 nitrogen and oxygen atoms in total. The first-order chi connectivity index (χ1) is 11.8. The fourth-order valence-corrected chi connectivity index (χ4v) is 4.45. The fourth-order valence-electron chi connectivity index (χ4n) is 2.50. The number of benzene rings is 1. The van der Waals surface area contributed by atoms with Crippen LogP contribution >= 0.6 is 24.0 Å². The zero-order valence-electron chi connectivity index (χ0n) is 14.1.